The zero-order valence-corrected chi connectivity index (χ0v) is 12.8. The number of ether oxygens (including phenoxy) is 1. The summed E-state index contributed by atoms with van der Waals surface area (Å²) in [6.45, 7) is 4.03. The summed E-state index contributed by atoms with van der Waals surface area (Å²) < 4.78 is 5.70. The lowest BCUT2D eigenvalue weighted by Crippen LogP contribution is -2.42. The maximum absolute atomic E-state index is 5.91. The summed E-state index contributed by atoms with van der Waals surface area (Å²) in [4.78, 5) is 2.46. The molecule has 1 saturated heterocycles. The highest BCUT2D eigenvalue weighted by Gasteiger charge is 2.17. The fourth-order valence-corrected chi connectivity index (χ4v) is 2.47. The smallest absolute Gasteiger partial charge is 0.120 e. The minimum absolute atomic E-state index is 0. The first-order chi connectivity index (χ1) is 8.78. The van der Waals surface area contributed by atoms with Crippen molar-refractivity contribution in [2.24, 2.45) is 0 Å². The molecule has 1 aliphatic heterocycles. The molecule has 0 amide bonds. The minimum Gasteiger partial charge on any atom is -0.492 e. The average molecular weight is 305 g/mol. The standard InChI is InChI=1S/C14H21ClN2O.ClH/c1-16-13-5-7-17(8-6-13)9-10-18-14-4-2-3-12(15)11-14;/h2-4,11,13,16H,5-10H2,1H3;1H. The van der Waals surface area contributed by atoms with Gasteiger partial charge in [-0.1, -0.05) is 17.7 Å². The van der Waals surface area contributed by atoms with Crippen LogP contribution in [0, 0.1) is 0 Å². The van der Waals surface area contributed by atoms with Gasteiger partial charge in [-0.3, -0.25) is 4.90 Å². The van der Waals surface area contributed by atoms with E-state index in [4.69, 9.17) is 16.3 Å². The molecule has 1 aliphatic rings. The van der Waals surface area contributed by atoms with E-state index in [1.165, 1.54) is 12.8 Å². The molecule has 1 aromatic carbocycles. The summed E-state index contributed by atoms with van der Waals surface area (Å²) in [5, 5.41) is 4.06. The van der Waals surface area contributed by atoms with Gasteiger partial charge in [0.1, 0.15) is 12.4 Å². The Morgan fingerprint density at radius 2 is 2.11 bits per heavy atom. The second-order valence-corrected chi connectivity index (χ2v) is 5.15. The van der Waals surface area contributed by atoms with Crippen LogP contribution in [0.15, 0.2) is 24.3 Å². The number of hydrogen-bond acceptors (Lipinski definition) is 3. The third-order valence-electron chi connectivity index (χ3n) is 3.47. The van der Waals surface area contributed by atoms with Crippen molar-refractivity contribution < 1.29 is 4.74 Å². The van der Waals surface area contributed by atoms with Gasteiger partial charge in [-0.15, -0.1) is 12.4 Å². The molecule has 0 atom stereocenters. The molecular weight excluding hydrogens is 283 g/mol. The summed E-state index contributed by atoms with van der Waals surface area (Å²) in [7, 11) is 2.04. The van der Waals surface area contributed by atoms with Crippen molar-refractivity contribution in [2.75, 3.05) is 33.3 Å². The molecule has 0 aromatic heterocycles. The molecular formula is C14H22Cl2N2O. The summed E-state index contributed by atoms with van der Waals surface area (Å²) in [5.41, 5.74) is 0. The van der Waals surface area contributed by atoms with E-state index in [1.54, 1.807) is 0 Å². The van der Waals surface area contributed by atoms with Crippen molar-refractivity contribution in [1.29, 1.82) is 0 Å². The maximum Gasteiger partial charge on any atom is 0.120 e. The Morgan fingerprint density at radius 1 is 1.37 bits per heavy atom. The van der Waals surface area contributed by atoms with E-state index in [0.29, 0.717) is 6.04 Å². The number of nitrogens with one attached hydrogen (secondary N) is 1. The van der Waals surface area contributed by atoms with Crippen molar-refractivity contribution in [3.8, 4) is 5.75 Å². The SMILES string of the molecule is CNC1CCN(CCOc2cccc(Cl)c2)CC1.Cl. The van der Waals surface area contributed by atoms with Gasteiger partial charge in [0, 0.05) is 17.6 Å². The van der Waals surface area contributed by atoms with Crippen LogP contribution >= 0.6 is 24.0 Å². The normalized spacial score (nSPS) is 16.9. The van der Waals surface area contributed by atoms with Crippen LogP contribution in [0.2, 0.25) is 5.02 Å². The van der Waals surface area contributed by atoms with Gasteiger partial charge in [0.05, 0.1) is 0 Å². The van der Waals surface area contributed by atoms with Crippen molar-refractivity contribution in [3.05, 3.63) is 29.3 Å². The number of rotatable bonds is 5. The van der Waals surface area contributed by atoms with Gasteiger partial charge >= 0.3 is 0 Å². The molecule has 0 aliphatic carbocycles. The van der Waals surface area contributed by atoms with Crippen LogP contribution in [0.4, 0.5) is 0 Å². The molecule has 19 heavy (non-hydrogen) atoms. The fraction of sp³-hybridized carbons (Fsp3) is 0.571. The average Bonchev–Trinajstić information content (AvgIpc) is 2.40. The molecule has 0 radical (unpaired) electrons. The predicted molar refractivity (Wildman–Crippen MR) is 82.7 cm³/mol. The predicted octanol–water partition coefficient (Wildman–Crippen LogP) is 2.82. The van der Waals surface area contributed by atoms with Gasteiger partial charge in [-0.2, -0.15) is 0 Å². The van der Waals surface area contributed by atoms with E-state index in [2.05, 4.69) is 10.2 Å². The lowest BCUT2D eigenvalue weighted by Gasteiger charge is -2.31. The number of piperidine rings is 1. The lowest BCUT2D eigenvalue weighted by atomic mass is 10.1. The van der Waals surface area contributed by atoms with Gasteiger partial charge in [0.25, 0.3) is 0 Å². The first-order valence-electron chi connectivity index (χ1n) is 6.56. The third kappa shape index (κ3) is 5.57. The highest BCUT2D eigenvalue weighted by molar-refractivity contribution is 6.30. The van der Waals surface area contributed by atoms with Crippen LogP contribution in [-0.4, -0.2) is 44.2 Å². The van der Waals surface area contributed by atoms with E-state index in [1.807, 2.05) is 31.3 Å². The molecule has 5 heteroatoms. The quantitative estimate of drug-likeness (QED) is 0.905. The first kappa shape index (κ1) is 16.6. The number of hydrogen-bond donors (Lipinski definition) is 1. The molecule has 0 spiro atoms. The molecule has 108 valence electrons. The molecule has 3 nitrogen and oxygen atoms in total. The van der Waals surface area contributed by atoms with E-state index in [-0.39, 0.29) is 12.4 Å². The minimum atomic E-state index is 0. The fourth-order valence-electron chi connectivity index (χ4n) is 2.29. The Labute approximate surface area is 126 Å². The Balaban J connectivity index is 0.00000180. The number of likely N-dealkylation sites (tertiary alicyclic amines) is 1. The van der Waals surface area contributed by atoms with E-state index in [0.717, 1.165) is 37.0 Å². The van der Waals surface area contributed by atoms with Crippen LogP contribution in [-0.2, 0) is 0 Å². The Kier molecular flexibility index (Phi) is 7.54. The van der Waals surface area contributed by atoms with Crippen LogP contribution in [0.25, 0.3) is 0 Å². The van der Waals surface area contributed by atoms with Gasteiger partial charge in [0.2, 0.25) is 0 Å². The highest BCUT2D eigenvalue weighted by Crippen LogP contribution is 2.17. The van der Waals surface area contributed by atoms with Crippen LogP contribution in [0.1, 0.15) is 12.8 Å². The van der Waals surface area contributed by atoms with Crippen molar-refractivity contribution >= 4 is 24.0 Å². The van der Waals surface area contributed by atoms with Crippen molar-refractivity contribution in [2.45, 2.75) is 18.9 Å². The number of halogens is 2. The van der Waals surface area contributed by atoms with Crippen LogP contribution in [0.3, 0.4) is 0 Å². The first-order valence-corrected chi connectivity index (χ1v) is 6.93. The lowest BCUT2D eigenvalue weighted by molar-refractivity contribution is 0.167. The molecule has 0 bridgehead atoms. The van der Waals surface area contributed by atoms with Crippen molar-refractivity contribution in [1.82, 2.24) is 10.2 Å². The molecule has 1 heterocycles. The molecule has 0 unspecified atom stereocenters. The second kappa shape index (κ2) is 8.64. The summed E-state index contributed by atoms with van der Waals surface area (Å²) in [5.74, 6) is 0.854. The number of nitrogens with zero attached hydrogens (tertiary/aromatic N) is 1. The molecule has 1 aromatic rings. The molecule has 2 rings (SSSR count). The molecule has 0 saturated carbocycles. The van der Waals surface area contributed by atoms with E-state index < -0.39 is 0 Å². The highest BCUT2D eigenvalue weighted by atomic mass is 35.5. The summed E-state index contributed by atoms with van der Waals surface area (Å²) in [6, 6.07) is 8.26. The van der Waals surface area contributed by atoms with Gasteiger partial charge in [-0.05, 0) is 51.2 Å². The summed E-state index contributed by atoms with van der Waals surface area (Å²) >= 11 is 5.91. The zero-order chi connectivity index (χ0) is 12.8. The Morgan fingerprint density at radius 3 is 2.74 bits per heavy atom. The Bertz CT molecular complexity index is 368. The van der Waals surface area contributed by atoms with Crippen molar-refractivity contribution in [3.63, 3.8) is 0 Å². The monoisotopic (exact) mass is 304 g/mol. The van der Waals surface area contributed by atoms with E-state index in [9.17, 15) is 0 Å². The topological polar surface area (TPSA) is 24.5 Å². The molecule has 1 N–H and O–H groups in total. The largest absolute Gasteiger partial charge is 0.492 e. The van der Waals surface area contributed by atoms with E-state index >= 15 is 0 Å². The number of benzene rings is 1. The maximum atomic E-state index is 5.91. The van der Waals surface area contributed by atoms with Gasteiger partial charge in [0.15, 0.2) is 0 Å². The Hall–Kier alpha value is -0.480. The molecule has 1 fully saturated rings. The second-order valence-electron chi connectivity index (χ2n) is 4.71. The third-order valence-corrected chi connectivity index (χ3v) is 3.70. The van der Waals surface area contributed by atoms with Crippen LogP contribution in [0.5, 0.6) is 5.75 Å². The van der Waals surface area contributed by atoms with Crippen LogP contribution < -0.4 is 10.1 Å². The zero-order valence-electron chi connectivity index (χ0n) is 11.3. The summed E-state index contributed by atoms with van der Waals surface area (Å²) in [6.07, 6.45) is 2.46. The van der Waals surface area contributed by atoms with Gasteiger partial charge < -0.3 is 10.1 Å². The van der Waals surface area contributed by atoms with Gasteiger partial charge in [-0.25, -0.2) is 0 Å².